The van der Waals surface area contributed by atoms with Crippen LogP contribution < -0.4 is 10.6 Å². The van der Waals surface area contributed by atoms with E-state index in [0.29, 0.717) is 6.54 Å². The summed E-state index contributed by atoms with van der Waals surface area (Å²) in [4.78, 5) is 9.86. The van der Waals surface area contributed by atoms with Gasteiger partial charge < -0.3 is 19.8 Å². The molecule has 0 spiro atoms. The van der Waals surface area contributed by atoms with E-state index in [-0.39, 0.29) is 30.0 Å². The number of nitrogens with one attached hydrogen (secondary N) is 2. The molecule has 2 fully saturated rings. The molecule has 0 aliphatic carbocycles. The molecule has 1 unspecified atom stereocenters. The largest absolute Gasteiger partial charge is 0.465 e. The molecule has 29 heavy (non-hydrogen) atoms. The van der Waals surface area contributed by atoms with E-state index in [0.717, 1.165) is 82.9 Å². The van der Waals surface area contributed by atoms with Crippen LogP contribution in [0.4, 0.5) is 0 Å². The van der Waals surface area contributed by atoms with E-state index in [4.69, 9.17) is 14.1 Å². The van der Waals surface area contributed by atoms with Crippen LogP contribution in [-0.4, -0.2) is 81.3 Å². The average Bonchev–Trinajstić information content (AvgIpc) is 3.38. The number of morpholine rings is 1. The molecule has 8 heteroatoms. The SMILES string of the molecule is CCNC(=NCC(c1ccc(C)o1)N1CCCC1)NCCCN1CCOCC1.I. The van der Waals surface area contributed by atoms with Gasteiger partial charge in [0.2, 0.25) is 0 Å². The fraction of sp³-hybridized carbons (Fsp3) is 0.762. The van der Waals surface area contributed by atoms with Crippen LogP contribution in [0.3, 0.4) is 0 Å². The Labute approximate surface area is 192 Å². The Kier molecular flexibility index (Phi) is 11.3. The van der Waals surface area contributed by atoms with Crippen LogP contribution >= 0.6 is 24.0 Å². The van der Waals surface area contributed by atoms with Crippen LogP contribution in [0.2, 0.25) is 0 Å². The van der Waals surface area contributed by atoms with E-state index in [1.54, 1.807) is 0 Å². The standard InChI is InChI=1S/C21H37N5O2.HI/c1-3-22-21(23-9-6-10-25-13-15-27-16-14-25)24-17-19(26-11-4-5-12-26)20-8-7-18(2)28-20;/h7-8,19H,3-6,9-17H2,1-2H3,(H2,22,23,24);1H. The molecule has 2 saturated heterocycles. The van der Waals surface area contributed by atoms with Crippen LogP contribution in [-0.2, 0) is 4.74 Å². The average molecular weight is 519 g/mol. The lowest BCUT2D eigenvalue weighted by atomic mass is 10.2. The Bertz CT molecular complexity index is 598. The van der Waals surface area contributed by atoms with E-state index in [1.807, 2.05) is 6.92 Å². The summed E-state index contributed by atoms with van der Waals surface area (Å²) in [6, 6.07) is 4.38. The van der Waals surface area contributed by atoms with Gasteiger partial charge in [-0.1, -0.05) is 0 Å². The summed E-state index contributed by atoms with van der Waals surface area (Å²) in [6.07, 6.45) is 3.64. The molecule has 0 bridgehead atoms. The van der Waals surface area contributed by atoms with E-state index in [1.165, 1.54) is 12.8 Å². The lowest BCUT2D eigenvalue weighted by molar-refractivity contribution is 0.0376. The minimum Gasteiger partial charge on any atom is -0.465 e. The van der Waals surface area contributed by atoms with Crippen molar-refractivity contribution in [1.82, 2.24) is 20.4 Å². The highest BCUT2D eigenvalue weighted by Gasteiger charge is 2.25. The van der Waals surface area contributed by atoms with E-state index in [2.05, 4.69) is 39.5 Å². The molecule has 3 heterocycles. The molecule has 7 nitrogen and oxygen atoms in total. The van der Waals surface area contributed by atoms with Crippen LogP contribution in [0.25, 0.3) is 0 Å². The second-order valence-electron chi connectivity index (χ2n) is 7.66. The Morgan fingerprint density at radius 2 is 1.90 bits per heavy atom. The van der Waals surface area contributed by atoms with Gasteiger partial charge in [-0.3, -0.25) is 14.8 Å². The van der Waals surface area contributed by atoms with E-state index in [9.17, 15) is 0 Å². The quantitative estimate of drug-likeness (QED) is 0.227. The van der Waals surface area contributed by atoms with Crippen LogP contribution in [0.1, 0.15) is 43.7 Å². The minimum absolute atomic E-state index is 0. The maximum Gasteiger partial charge on any atom is 0.191 e. The molecule has 2 aliphatic rings. The maximum absolute atomic E-state index is 5.95. The lowest BCUT2D eigenvalue weighted by Gasteiger charge is -2.26. The number of hydrogen-bond donors (Lipinski definition) is 2. The fourth-order valence-corrected chi connectivity index (χ4v) is 3.92. The van der Waals surface area contributed by atoms with Gasteiger partial charge in [0.05, 0.1) is 25.8 Å². The lowest BCUT2D eigenvalue weighted by Crippen LogP contribution is -2.41. The zero-order valence-corrected chi connectivity index (χ0v) is 20.3. The highest BCUT2D eigenvalue weighted by atomic mass is 127. The number of furan rings is 1. The molecule has 0 radical (unpaired) electrons. The summed E-state index contributed by atoms with van der Waals surface area (Å²) in [5.41, 5.74) is 0. The number of aryl methyl sites for hydroxylation is 1. The van der Waals surface area contributed by atoms with Crippen molar-refractivity contribution in [2.75, 3.05) is 65.6 Å². The monoisotopic (exact) mass is 519 g/mol. The van der Waals surface area contributed by atoms with Crippen molar-refractivity contribution < 1.29 is 9.15 Å². The summed E-state index contributed by atoms with van der Waals surface area (Å²) < 4.78 is 11.4. The van der Waals surface area contributed by atoms with E-state index >= 15 is 0 Å². The summed E-state index contributed by atoms with van der Waals surface area (Å²) >= 11 is 0. The van der Waals surface area contributed by atoms with Crippen molar-refractivity contribution in [2.24, 2.45) is 4.99 Å². The third-order valence-corrected chi connectivity index (χ3v) is 5.48. The Morgan fingerprint density at radius 1 is 1.14 bits per heavy atom. The maximum atomic E-state index is 5.95. The van der Waals surface area contributed by atoms with Crippen molar-refractivity contribution in [3.05, 3.63) is 23.7 Å². The molecular weight excluding hydrogens is 481 g/mol. The molecule has 3 rings (SSSR count). The molecule has 1 aromatic heterocycles. The Balaban J connectivity index is 0.00000300. The first kappa shape index (κ1) is 24.4. The number of ether oxygens (including phenoxy) is 1. The number of nitrogens with zero attached hydrogens (tertiary/aromatic N) is 3. The van der Waals surface area contributed by atoms with Gasteiger partial charge in [-0.2, -0.15) is 0 Å². The Morgan fingerprint density at radius 3 is 2.55 bits per heavy atom. The summed E-state index contributed by atoms with van der Waals surface area (Å²) in [5.74, 6) is 2.90. The zero-order chi connectivity index (χ0) is 19.6. The highest BCUT2D eigenvalue weighted by molar-refractivity contribution is 14.0. The molecule has 0 amide bonds. The van der Waals surface area contributed by atoms with Gasteiger partial charge >= 0.3 is 0 Å². The van der Waals surface area contributed by atoms with Crippen molar-refractivity contribution in [3.8, 4) is 0 Å². The molecule has 0 aromatic carbocycles. The van der Waals surface area contributed by atoms with Gasteiger partial charge in [0.15, 0.2) is 5.96 Å². The second kappa shape index (κ2) is 13.5. The molecule has 166 valence electrons. The highest BCUT2D eigenvalue weighted by Crippen LogP contribution is 2.26. The number of rotatable bonds is 9. The summed E-state index contributed by atoms with van der Waals surface area (Å²) in [6.45, 7) is 13.8. The van der Waals surface area contributed by atoms with Gasteiger partial charge in [-0.15, -0.1) is 24.0 Å². The molecule has 0 saturated carbocycles. The number of aliphatic imine (C=N–C) groups is 1. The molecular formula is C21H38IN5O2. The van der Waals surface area contributed by atoms with Gasteiger partial charge in [-0.05, 0) is 64.9 Å². The summed E-state index contributed by atoms with van der Waals surface area (Å²) in [5, 5.41) is 6.87. The second-order valence-corrected chi connectivity index (χ2v) is 7.66. The third kappa shape index (κ3) is 8.07. The smallest absolute Gasteiger partial charge is 0.191 e. The van der Waals surface area contributed by atoms with Crippen LogP contribution in [0.15, 0.2) is 21.5 Å². The number of guanidine groups is 1. The predicted molar refractivity (Wildman–Crippen MR) is 128 cm³/mol. The molecule has 2 aliphatic heterocycles. The van der Waals surface area contributed by atoms with E-state index < -0.39 is 0 Å². The first-order valence-corrected chi connectivity index (χ1v) is 10.9. The van der Waals surface area contributed by atoms with Crippen LogP contribution in [0.5, 0.6) is 0 Å². The predicted octanol–water partition coefficient (Wildman–Crippen LogP) is 2.62. The normalized spacial score (nSPS) is 19.7. The van der Waals surface area contributed by atoms with Gasteiger partial charge in [-0.25, -0.2) is 0 Å². The van der Waals surface area contributed by atoms with Gasteiger partial charge in [0.1, 0.15) is 11.5 Å². The van der Waals surface area contributed by atoms with Crippen LogP contribution in [0, 0.1) is 6.92 Å². The van der Waals surface area contributed by atoms with Crippen molar-refractivity contribution in [3.63, 3.8) is 0 Å². The molecule has 1 atom stereocenters. The number of likely N-dealkylation sites (tertiary alicyclic amines) is 1. The summed E-state index contributed by atoms with van der Waals surface area (Å²) in [7, 11) is 0. The minimum atomic E-state index is 0. The molecule has 2 N–H and O–H groups in total. The van der Waals surface area contributed by atoms with Gasteiger partial charge in [0.25, 0.3) is 0 Å². The number of halogens is 1. The molecule has 1 aromatic rings. The first-order chi connectivity index (χ1) is 13.8. The van der Waals surface area contributed by atoms with Crippen molar-refractivity contribution in [1.29, 1.82) is 0 Å². The fourth-order valence-electron chi connectivity index (χ4n) is 3.92. The Hall–Kier alpha value is -0.840. The topological polar surface area (TPSA) is 65.3 Å². The zero-order valence-electron chi connectivity index (χ0n) is 18.0. The van der Waals surface area contributed by atoms with Crippen molar-refractivity contribution >= 4 is 29.9 Å². The first-order valence-electron chi connectivity index (χ1n) is 10.9. The number of hydrogen-bond acceptors (Lipinski definition) is 5. The van der Waals surface area contributed by atoms with Crippen molar-refractivity contribution in [2.45, 2.75) is 39.2 Å². The third-order valence-electron chi connectivity index (χ3n) is 5.48. The van der Waals surface area contributed by atoms with Gasteiger partial charge in [0, 0.05) is 26.2 Å².